The Balaban J connectivity index is 2.63. The summed E-state index contributed by atoms with van der Waals surface area (Å²) in [5.41, 5.74) is -4.58. The first-order valence-electron chi connectivity index (χ1n) is 4.66. The van der Waals surface area contributed by atoms with E-state index < -0.39 is 11.5 Å². The summed E-state index contributed by atoms with van der Waals surface area (Å²) in [6.45, 7) is -0.259. The SMILES string of the molecule is O=C(O)c1c(Cl)cccc1OCCSC(F)(F)F. The number of halogens is 4. The lowest BCUT2D eigenvalue weighted by Crippen LogP contribution is -2.09. The quantitative estimate of drug-likeness (QED) is 0.843. The van der Waals surface area contributed by atoms with Crippen molar-refractivity contribution in [2.75, 3.05) is 12.4 Å². The van der Waals surface area contributed by atoms with Crippen LogP contribution in [0.1, 0.15) is 10.4 Å². The molecule has 0 saturated heterocycles. The van der Waals surface area contributed by atoms with Gasteiger partial charge in [-0.2, -0.15) is 13.2 Å². The lowest BCUT2D eigenvalue weighted by Gasteiger charge is -2.10. The lowest BCUT2D eigenvalue weighted by molar-refractivity contribution is -0.0329. The Kier molecular flexibility index (Phi) is 5.15. The summed E-state index contributed by atoms with van der Waals surface area (Å²) < 4.78 is 40.5. The number of hydrogen-bond donors (Lipinski definition) is 1. The number of carboxylic acid groups (broad SMARTS) is 1. The molecule has 0 amide bonds. The zero-order valence-corrected chi connectivity index (χ0v) is 10.4. The number of benzene rings is 1. The summed E-state index contributed by atoms with van der Waals surface area (Å²) in [6, 6.07) is 4.16. The molecule has 0 radical (unpaired) electrons. The van der Waals surface area contributed by atoms with Crippen molar-refractivity contribution in [3.05, 3.63) is 28.8 Å². The van der Waals surface area contributed by atoms with E-state index in [0.717, 1.165) is 0 Å². The highest BCUT2D eigenvalue weighted by Crippen LogP contribution is 2.30. The number of hydrogen-bond acceptors (Lipinski definition) is 3. The van der Waals surface area contributed by atoms with Crippen LogP contribution in [0.3, 0.4) is 0 Å². The summed E-state index contributed by atoms with van der Waals surface area (Å²) in [6.07, 6.45) is 0. The first kappa shape index (κ1) is 15.0. The summed E-state index contributed by atoms with van der Waals surface area (Å²) in [7, 11) is 0. The zero-order chi connectivity index (χ0) is 13.8. The minimum atomic E-state index is -4.33. The predicted octanol–water partition coefficient (Wildman–Crippen LogP) is 3.67. The van der Waals surface area contributed by atoms with Crippen LogP contribution in [0.25, 0.3) is 0 Å². The molecule has 0 heterocycles. The van der Waals surface area contributed by atoms with Crippen LogP contribution >= 0.6 is 23.4 Å². The second-order valence-corrected chi connectivity index (χ2v) is 4.63. The number of thioether (sulfide) groups is 1. The monoisotopic (exact) mass is 300 g/mol. The van der Waals surface area contributed by atoms with Gasteiger partial charge in [0.15, 0.2) is 0 Å². The van der Waals surface area contributed by atoms with Crippen LogP contribution in [0.5, 0.6) is 5.75 Å². The molecule has 0 fully saturated rings. The molecule has 0 atom stereocenters. The average Bonchev–Trinajstić information content (AvgIpc) is 2.22. The maximum atomic E-state index is 11.8. The van der Waals surface area contributed by atoms with Crippen molar-refractivity contribution in [3.8, 4) is 5.75 Å². The molecule has 18 heavy (non-hydrogen) atoms. The van der Waals surface area contributed by atoms with Gasteiger partial charge >= 0.3 is 11.5 Å². The number of ether oxygens (including phenoxy) is 1. The van der Waals surface area contributed by atoms with Gasteiger partial charge in [-0.25, -0.2) is 4.79 Å². The Labute approximate surface area is 110 Å². The van der Waals surface area contributed by atoms with Gasteiger partial charge in [0.1, 0.15) is 11.3 Å². The molecule has 0 aliphatic heterocycles. The van der Waals surface area contributed by atoms with E-state index in [1.807, 2.05) is 0 Å². The van der Waals surface area contributed by atoms with Crippen molar-refractivity contribution in [2.45, 2.75) is 5.51 Å². The maximum Gasteiger partial charge on any atom is 0.441 e. The molecule has 8 heteroatoms. The van der Waals surface area contributed by atoms with E-state index in [-0.39, 0.29) is 40.5 Å². The third kappa shape index (κ3) is 4.66. The van der Waals surface area contributed by atoms with Crippen molar-refractivity contribution >= 4 is 29.3 Å². The molecule has 0 spiro atoms. The number of aromatic carboxylic acids is 1. The molecule has 1 N–H and O–H groups in total. The smallest absolute Gasteiger partial charge is 0.441 e. The number of alkyl halides is 3. The first-order chi connectivity index (χ1) is 8.31. The van der Waals surface area contributed by atoms with E-state index in [2.05, 4.69) is 0 Å². The van der Waals surface area contributed by atoms with E-state index in [4.69, 9.17) is 21.4 Å². The van der Waals surface area contributed by atoms with Crippen LogP contribution in [0.4, 0.5) is 13.2 Å². The molecule has 3 nitrogen and oxygen atoms in total. The van der Waals surface area contributed by atoms with Crippen molar-refractivity contribution in [1.82, 2.24) is 0 Å². The van der Waals surface area contributed by atoms with E-state index in [1.54, 1.807) is 0 Å². The molecule has 1 aromatic carbocycles. The van der Waals surface area contributed by atoms with Crippen molar-refractivity contribution in [3.63, 3.8) is 0 Å². The molecule has 100 valence electrons. The Morgan fingerprint density at radius 1 is 1.44 bits per heavy atom. The molecule has 0 aliphatic rings. The molecule has 0 aromatic heterocycles. The predicted molar refractivity (Wildman–Crippen MR) is 62.4 cm³/mol. The fourth-order valence-electron chi connectivity index (χ4n) is 1.14. The van der Waals surface area contributed by atoms with Crippen LogP contribution in [0.15, 0.2) is 18.2 Å². The second kappa shape index (κ2) is 6.19. The minimum absolute atomic E-state index is 0.0246. The van der Waals surface area contributed by atoms with Crippen molar-refractivity contribution < 1.29 is 27.8 Å². The van der Waals surface area contributed by atoms with E-state index >= 15 is 0 Å². The van der Waals surface area contributed by atoms with Crippen LogP contribution < -0.4 is 4.74 Å². The topological polar surface area (TPSA) is 46.5 Å². The minimum Gasteiger partial charge on any atom is -0.492 e. The highest BCUT2D eigenvalue weighted by molar-refractivity contribution is 8.00. The average molecular weight is 301 g/mol. The number of carbonyl (C=O) groups is 1. The van der Waals surface area contributed by atoms with Crippen LogP contribution in [-0.4, -0.2) is 28.9 Å². The van der Waals surface area contributed by atoms with Crippen LogP contribution in [0, 0.1) is 0 Å². The molecule has 0 unspecified atom stereocenters. The van der Waals surface area contributed by atoms with Gasteiger partial charge in [0.25, 0.3) is 0 Å². The van der Waals surface area contributed by atoms with E-state index in [0.29, 0.717) is 0 Å². The summed E-state index contributed by atoms with van der Waals surface area (Å²) >= 11 is 5.43. The molecule has 0 bridgehead atoms. The highest BCUT2D eigenvalue weighted by atomic mass is 35.5. The molecule has 0 saturated carbocycles. The van der Waals surface area contributed by atoms with Gasteiger partial charge in [-0.05, 0) is 23.9 Å². The van der Waals surface area contributed by atoms with Gasteiger partial charge in [-0.1, -0.05) is 17.7 Å². The third-order valence-corrected chi connectivity index (χ3v) is 2.81. The first-order valence-corrected chi connectivity index (χ1v) is 6.03. The Morgan fingerprint density at radius 2 is 2.11 bits per heavy atom. The zero-order valence-electron chi connectivity index (χ0n) is 8.83. The maximum absolute atomic E-state index is 11.8. The number of rotatable bonds is 5. The van der Waals surface area contributed by atoms with Gasteiger partial charge < -0.3 is 9.84 Å². The largest absolute Gasteiger partial charge is 0.492 e. The second-order valence-electron chi connectivity index (χ2n) is 3.06. The highest BCUT2D eigenvalue weighted by Gasteiger charge is 2.27. The lowest BCUT2D eigenvalue weighted by atomic mass is 10.2. The van der Waals surface area contributed by atoms with Gasteiger partial charge in [0, 0.05) is 5.75 Å². The Bertz CT molecular complexity index is 437. The molecular formula is C10H8ClF3O3S. The normalized spacial score (nSPS) is 11.3. The van der Waals surface area contributed by atoms with Crippen molar-refractivity contribution in [1.29, 1.82) is 0 Å². The van der Waals surface area contributed by atoms with Gasteiger partial charge in [0.2, 0.25) is 0 Å². The molecule has 1 aromatic rings. The molecular weight excluding hydrogens is 293 g/mol. The van der Waals surface area contributed by atoms with Crippen molar-refractivity contribution in [2.24, 2.45) is 0 Å². The Hall–Kier alpha value is -1.08. The Morgan fingerprint density at radius 3 is 2.67 bits per heavy atom. The third-order valence-electron chi connectivity index (χ3n) is 1.80. The fraction of sp³-hybridized carbons (Fsp3) is 0.300. The molecule has 1 rings (SSSR count). The van der Waals surface area contributed by atoms with Crippen LogP contribution in [-0.2, 0) is 0 Å². The van der Waals surface area contributed by atoms with Gasteiger partial charge in [-0.3, -0.25) is 0 Å². The summed E-state index contributed by atoms with van der Waals surface area (Å²) in [4.78, 5) is 10.9. The standard InChI is InChI=1S/C10H8ClF3O3S/c11-6-2-1-3-7(8(6)9(15)16)17-4-5-18-10(12,13)14/h1-3H,4-5H2,(H,15,16). The summed E-state index contributed by atoms with van der Waals surface area (Å²) in [5, 5.41) is 8.86. The van der Waals surface area contributed by atoms with E-state index in [9.17, 15) is 18.0 Å². The fourth-order valence-corrected chi connectivity index (χ4v) is 1.79. The molecule has 0 aliphatic carbocycles. The van der Waals surface area contributed by atoms with Gasteiger partial charge in [0.05, 0.1) is 11.6 Å². The van der Waals surface area contributed by atoms with Gasteiger partial charge in [-0.15, -0.1) is 0 Å². The van der Waals surface area contributed by atoms with E-state index in [1.165, 1.54) is 18.2 Å². The number of carboxylic acids is 1. The van der Waals surface area contributed by atoms with Crippen LogP contribution in [0.2, 0.25) is 5.02 Å². The summed E-state index contributed by atoms with van der Waals surface area (Å²) in [5.74, 6) is -1.66.